The summed E-state index contributed by atoms with van der Waals surface area (Å²) in [5.74, 6) is 0. The second kappa shape index (κ2) is 5.69. The van der Waals surface area contributed by atoms with Crippen molar-refractivity contribution in [3.8, 4) is 0 Å². The zero-order chi connectivity index (χ0) is 7.11. The number of thiocarbonyl (C=S) groups is 1. The maximum atomic E-state index is 9.54. The highest BCUT2D eigenvalue weighted by Gasteiger charge is 1.94. The first-order chi connectivity index (χ1) is 4.31. The molecule has 0 fully saturated rings. The van der Waals surface area contributed by atoms with Crippen LogP contribution in [0.2, 0.25) is 0 Å². The first-order valence-electron chi connectivity index (χ1n) is 2.88. The summed E-state index contributed by atoms with van der Waals surface area (Å²) in [5, 5.41) is 0.340. The van der Waals surface area contributed by atoms with Gasteiger partial charge in [-0.05, 0) is 18.6 Å². The van der Waals surface area contributed by atoms with Gasteiger partial charge in [0.05, 0.1) is 0 Å². The molecular formula is C6H9O2S. The van der Waals surface area contributed by atoms with Gasteiger partial charge in [0, 0.05) is 6.42 Å². The highest BCUT2D eigenvalue weighted by Crippen LogP contribution is 1.96. The molecule has 0 aromatic carbocycles. The Hall–Kier alpha value is -0.440. The topological polar surface area (TPSA) is 26.3 Å². The van der Waals surface area contributed by atoms with Crippen molar-refractivity contribution in [1.29, 1.82) is 0 Å². The summed E-state index contributed by atoms with van der Waals surface area (Å²) < 4.78 is 4.27. The molecule has 3 heteroatoms. The Balaban J connectivity index is 3.16. The Kier molecular flexibility index (Phi) is 5.41. The average Bonchev–Trinajstić information content (AvgIpc) is 1.85. The SMILES string of the molecule is CCCCC(=S)O[C]=O. The Bertz CT molecular complexity index is 101. The number of unbranched alkanes of at least 4 members (excludes halogenated alkanes) is 1. The van der Waals surface area contributed by atoms with Gasteiger partial charge in [0.1, 0.15) is 0 Å². The first-order valence-corrected chi connectivity index (χ1v) is 3.29. The van der Waals surface area contributed by atoms with E-state index in [1.807, 2.05) is 6.92 Å². The summed E-state index contributed by atoms with van der Waals surface area (Å²) in [5.41, 5.74) is 0. The van der Waals surface area contributed by atoms with Gasteiger partial charge in [0.15, 0.2) is 5.05 Å². The zero-order valence-corrected chi connectivity index (χ0v) is 6.16. The summed E-state index contributed by atoms with van der Waals surface area (Å²) in [6, 6.07) is 0. The molecule has 0 unspecified atom stereocenters. The molecule has 0 spiro atoms. The second-order valence-corrected chi connectivity index (χ2v) is 2.12. The number of hydrogen-bond donors (Lipinski definition) is 0. The Morgan fingerprint density at radius 2 is 2.44 bits per heavy atom. The summed E-state index contributed by atoms with van der Waals surface area (Å²) in [6.07, 6.45) is 2.71. The van der Waals surface area contributed by atoms with Gasteiger partial charge in [0.25, 0.3) is 0 Å². The van der Waals surface area contributed by atoms with E-state index in [-0.39, 0.29) is 0 Å². The molecule has 1 radical (unpaired) electrons. The Labute approximate surface area is 60.2 Å². The van der Waals surface area contributed by atoms with Gasteiger partial charge < -0.3 is 4.74 Å². The summed E-state index contributed by atoms with van der Waals surface area (Å²) in [7, 11) is 0. The molecule has 0 amide bonds. The predicted octanol–water partition coefficient (Wildman–Crippen LogP) is 1.59. The highest BCUT2D eigenvalue weighted by atomic mass is 32.1. The van der Waals surface area contributed by atoms with Crippen LogP contribution in [0.15, 0.2) is 0 Å². The van der Waals surface area contributed by atoms with Crippen LogP contribution in [-0.4, -0.2) is 11.5 Å². The minimum atomic E-state index is 0.340. The van der Waals surface area contributed by atoms with Crippen molar-refractivity contribution in [2.24, 2.45) is 0 Å². The van der Waals surface area contributed by atoms with E-state index in [4.69, 9.17) is 0 Å². The highest BCUT2D eigenvalue weighted by molar-refractivity contribution is 7.80. The molecule has 0 aliphatic rings. The van der Waals surface area contributed by atoms with Gasteiger partial charge in [-0.15, -0.1) is 0 Å². The molecule has 0 aromatic rings. The van der Waals surface area contributed by atoms with Crippen LogP contribution < -0.4 is 0 Å². The summed E-state index contributed by atoms with van der Waals surface area (Å²) >= 11 is 4.63. The molecule has 0 aliphatic carbocycles. The Morgan fingerprint density at radius 1 is 1.78 bits per heavy atom. The molecule has 2 nitrogen and oxygen atoms in total. The maximum Gasteiger partial charge on any atom is 0.423 e. The van der Waals surface area contributed by atoms with E-state index in [1.165, 1.54) is 6.47 Å². The van der Waals surface area contributed by atoms with Crippen LogP contribution in [0, 0.1) is 0 Å². The smallest absolute Gasteiger partial charge is 0.411 e. The molecule has 0 bridgehead atoms. The van der Waals surface area contributed by atoms with Gasteiger partial charge in [-0.3, -0.25) is 0 Å². The standard InChI is InChI=1S/C6H9O2S/c1-2-3-4-6(9)8-5-7/h2-4H2,1H3. The molecule has 0 saturated carbocycles. The van der Waals surface area contributed by atoms with E-state index in [9.17, 15) is 4.79 Å². The van der Waals surface area contributed by atoms with E-state index in [2.05, 4.69) is 17.0 Å². The molecule has 0 heterocycles. The third-order valence-electron chi connectivity index (χ3n) is 0.890. The summed E-state index contributed by atoms with van der Waals surface area (Å²) in [6.45, 7) is 3.33. The zero-order valence-electron chi connectivity index (χ0n) is 5.35. The van der Waals surface area contributed by atoms with Crippen molar-refractivity contribution >= 4 is 23.7 Å². The van der Waals surface area contributed by atoms with Crippen LogP contribution in [0.1, 0.15) is 26.2 Å². The molecule has 0 aliphatic heterocycles. The normalized spacial score (nSPS) is 8.56. The molecule has 0 atom stereocenters. The van der Waals surface area contributed by atoms with E-state index in [1.54, 1.807) is 0 Å². The quantitative estimate of drug-likeness (QED) is 0.562. The van der Waals surface area contributed by atoms with Crippen molar-refractivity contribution in [2.45, 2.75) is 26.2 Å². The van der Waals surface area contributed by atoms with Crippen molar-refractivity contribution in [3.63, 3.8) is 0 Å². The van der Waals surface area contributed by atoms with Crippen LogP contribution in [0.5, 0.6) is 0 Å². The number of ether oxygens (including phenoxy) is 1. The number of hydrogen-bond acceptors (Lipinski definition) is 3. The fourth-order valence-electron chi connectivity index (χ4n) is 0.419. The molecule has 0 saturated heterocycles. The van der Waals surface area contributed by atoms with Gasteiger partial charge in [-0.25, -0.2) is 4.79 Å². The fourth-order valence-corrected chi connectivity index (χ4v) is 0.597. The van der Waals surface area contributed by atoms with E-state index >= 15 is 0 Å². The third kappa shape index (κ3) is 5.43. The first kappa shape index (κ1) is 8.56. The lowest BCUT2D eigenvalue weighted by atomic mass is 10.3. The fraction of sp³-hybridized carbons (Fsp3) is 0.667. The minimum Gasteiger partial charge on any atom is -0.411 e. The largest absolute Gasteiger partial charge is 0.423 e. The lowest BCUT2D eigenvalue weighted by Gasteiger charge is -1.95. The van der Waals surface area contributed by atoms with E-state index < -0.39 is 0 Å². The molecule has 51 valence electrons. The minimum absolute atomic E-state index is 0.340. The van der Waals surface area contributed by atoms with Gasteiger partial charge in [0.2, 0.25) is 0 Å². The van der Waals surface area contributed by atoms with Gasteiger partial charge in [-0.1, -0.05) is 13.3 Å². The van der Waals surface area contributed by atoms with Crippen molar-refractivity contribution in [1.82, 2.24) is 0 Å². The Morgan fingerprint density at radius 3 is 2.89 bits per heavy atom. The van der Waals surface area contributed by atoms with Crippen LogP contribution in [0.3, 0.4) is 0 Å². The monoisotopic (exact) mass is 145 g/mol. The molecule has 0 N–H and O–H groups in total. The lowest BCUT2D eigenvalue weighted by molar-refractivity contribution is 0.435. The van der Waals surface area contributed by atoms with Crippen molar-refractivity contribution < 1.29 is 9.53 Å². The lowest BCUT2D eigenvalue weighted by Crippen LogP contribution is -1.98. The summed E-state index contributed by atoms with van der Waals surface area (Å²) in [4.78, 5) is 9.54. The third-order valence-corrected chi connectivity index (χ3v) is 1.18. The predicted molar refractivity (Wildman–Crippen MR) is 38.9 cm³/mol. The second-order valence-electron chi connectivity index (χ2n) is 1.66. The van der Waals surface area contributed by atoms with E-state index in [0.29, 0.717) is 11.5 Å². The molecular weight excluding hydrogens is 136 g/mol. The number of rotatable bonds is 4. The maximum absolute atomic E-state index is 9.54. The van der Waals surface area contributed by atoms with Crippen LogP contribution in [-0.2, 0) is 9.53 Å². The van der Waals surface area contributed by atoms with Crippen molar-refractivity contribution in [2.75, 3.05) is 0 Å². The molecule has 9 heavy (non-hydrogen) atoms. The van der Waals surface area contributed by atoms with Gasteiger partial charge in [-0.2, -0.15) is 0 Å². The molecule has 0 rings (SSSR count). The molecule has 0 aromatic heterocycles. The average molecular weight is 145 g/mol. The van der Waals surface area contributed by atoms with Gasteiger partial charge >= 0.3 is 6.47 Å². The van der Waals surface area contributed by atoms with Crippen LogP contribution in [0.4, 0.5) is 0 Å². The van der Waals surface area contributed by atoms with Crippen molar-refractivity contribution in [3.05, 3.63) is 0 Å². The van der Waals surface area contributed by atoms with Crippen LogP contribution >= 0.6 is 12.2 Å². The number of carbonyl (C=O) groups excluding carboxylic acids is 1. The van der Waals surface area contributed by atoms with Crippen LogP contribution in [0.25, 0.3) is 0 Å². The van der Waals surface area contributed by atoms with E-state index in [0.717, 1.165) is 12.8 Å².